The molecule has 140 valence electrons. The molecular weight excluding hydrogens is 308 g/mol. The van der Waals surface area contributed by atoms with E-state index in [9.17, 15) is 4.79 Å². The van der Waals surface area contributed by atoms with Crippen molar-refractivity contribution in [2.45, 2.75) is 84.7 Å². The molecule has 0 saturated heterocycles. The van der Waals surface area contributed by atoms with E-state index in [4.69, 9.17) is 4.74 Å². The average molecular weight is 345 g/mol. The Bertz CT molecular complexity index is 579. The van der Waals surface area contributed by atoms with Gasteiger partial charge < -0.3 is 4.74 Å². The van der Waals surface area contributed by atoms with Gasteiger partial charge in [0.1, 0.15) is 5.78 Å². The van der Waals surface area contributed by atoms with Crippen molar-refractivity contribution >= 4 is 5.78 Å². The predicted octanol–water partition coefficient (Wildman–Crippen LogP) is 5.56. The molecule has 0 aromatic carbocycles. The zero-order chi connectivity index (χ0) is 17.8. The van der Waals surface area contributed by atoms with E-state index < -0.39 is 0 Å². The molecule has 25 heavy (non-hydrogen) atoms. The van der Waals surface area contributed by atoms with Crippen LogP contribution in [0.2, 0.25) is 0 Å². The molecule has 6 unspecified atom stereocenters. The van der Waals surface area contributed by atoms with E-state index in [2.05, 4.69) is 19.9 Å². The van der Waals surface area contributed by atoms with Crippen LogP contribution in [0.1, 0.15) is 78.6 Å². The summed E-state index contributed by atoms with van der Waals surface area (Å²) in [7, 11) is 1.87. The minimum Gasteiger partial charge on any atom is -0.381 e. The van der Waals surface area contributed by atoms with Crippen LogP contribution in [0, 0.1) is 34.5 Å². The lowest BCUT2D eigenvalue weighted by Gasteiger charge is -2.56. The van der Waals surface area contributed by atoms with E-state index >= 15 is 0 Å². The standard InChI is InChI=1S/C23H36O2/c1-5-23(15(2)24)13-11-19-18-7-6-16-14-17(25-4)10-12-22(16,3)20(18)8-9-21(19)23/h6,17-21H,5,7-14H2,1-4H3/t17?,18?,19?,20?,21?,22?,23-/m0/s1. The molecule has 0 aromatic heterocycles. The third-order valence-corrected chi connectivity index (χ3v) is 9.29. The van der Waals surface area contributed by atoms with E-state index in [1.165, 1.54) is 38.5 Å². The van der Waals surface area contributed by atoms with Crippen LogP contribution in [0.5, 0.6) is 0 Å². The molecule has 0 heterocycles. The van der Waals surface area contributed by atoms with Crippen molar-refractivity contribution in [1.82, 2.24) is 0 Å². The fourth-order valence-electron chi connectivity index (χ4n) is 7.77. The van der Waals surface area contributed by atoms with E-state index in [0.29, 0.717) is 23.2 Å². The summed E-state index contributed by atoms with van der Waals surface area (Å²) in [5, 5.41) is 0. The maximum Gasteiger partial charge on any atom is 0.136 e. The van der Waals surface area contributed by atoms with Crippen molar-refractivity contribution in [2.75, 3.05) is 7.11 Å². The van der Waals surface area contributed by atoms with Gasteiger partial charge in [0, 0.05) is 12.5 Å². The minimum absolute atomic E-state index is 0.00818. The van der Waals surface area contributed by atoms with Crippen molar-refractivity contribution in [2.24, 2.45) is 34.5 Å². The van der Waals surface area contributed by atoms with Gasteiger partial charge in [0.2, 0.25) is 0 Å². The molecule has 4 rings (SSSR count). The first-order valence-corrected chi connectivity index (χ1v) is 10.7. The summed E-state index contributed by atoms with van der Waals surface area (Å²) in [5.74, 6) is 3.58. The van der Waals surface area contributed by atoms with Crippen LogP contribution in [0.25, 0.3) is 0 Å². The zero-order valence-corrected chi connectivity index (χ0v) is 16.6. The SMILES string of the molecule is CC[C@@]1(C(C)=O)CCC2C3CC=C4CC(OC)CCC4(C)C3CCC21. The predicted molar refractivity (Wildman–Crippen MR) is 101 cm³/mol. The third kappa shape index (κ3) is 2.42. The van der Waals surface area contributed by atoms with Gasteiger partial charge in [0.25, 0.3) is 0 Å². The second kappa shape index (κ2) is 6.22. The molecule has 0 bridgehead atoms. The van der Waals surface area contributed by atoms with E-state index in [1.54, 1.807) is 5.57 Å². The van der Waals surface area contributed by atoms with Gasteiger partial charge in [-0.05, 0) is 93.8 Å². The summed E-state index contributed by atoms with van der Waals surface area (Å²) >= 11 is 0. The first-order chi connectivity index (χ1) is 12.0. The molecule has 7 atom stereocenters. The van der Waals surface area contributed by atoms with Crippen LogP contribution in [0.4, 0.5) is 0 Å². The molecule has 0 spiro atoms. The number of carbonyl (C=O) groups excluding carboxylic acids is 1. The quantitative estimate of drug-likeness (QED) is 0.627. The number of rotatable bonds is 3. The van der Waals surface area contributed by atoms with Gasteiger partial charge >= 0.3 is 0 Å². The second-order valence-electron chi connectivity index (χ2n) is 9.71. The van der Waals surface area contributed by atoms with Crippen LogP contribution < -0.4 is 0 Å². The van der Waals surface area contributed by atoms with Crippen molar-refractivity contribution in [3.8, 4) is 0 Å². The van der Waals surface area contributed by atoms with Gasteiger partial charge in [0.15, 0.2) is 0 Å². The maximum atomic E-state index is 12.5. The number of hydrogen-bond acceptors (Lipinski definition) is 2. The molecule has 3 fully saturated rings. The Balaban J connectivity index is 1.62. The molecule has 0 radical (unpaired) electrons. The second-order valence-corrected chi connectivity index (χ2v) is 9.71. The lowest BCUT2D eigenvalue weighted by atomic mass is 9.49. The summed E-state index contributed by atoms with van der Waals surface area (Å²) in [6.45, 7) is 6.67. The van der Waals surface area contributed by atoms with Gasteiger partial charge in [-0.1, -0.05) is 25.5 Å². The molecule has 4 aliphatic carbocycles. The Hall–Kier alpha value is -0.630. The number of Topliss-reactive ketones (excluding diaryl/α,β-unsaturated/α-hetero) is 1. The summed E-state index contributed by atoms with van der Waals surface area (Å²) in [4.78, 5) is 12.5. The number of methoxy groups -OCH3 is 1. The summed E-state index contributed by atoms with van der Waals surface area (Å²) < 4.78 is 5.68. The Morgan fingerprint density at radius 1 is 1.16 bits per heavy atom. The van der Waals surface area contributed by atoms with Crippen molar-refractivity contribution in [3.05, 3.63) is 11.6 Å². The molecule has 4 aliphatic rings. The van der Waals surface area contributed by atoms with E-state index in [-0.39, 0.29) is 5.41 Å². The highest BCUT2D eigenvalue weighted by atomic mass is 16.5. The van der Waals surface area contributed by atoms with Crippen LogP contribution in [0.15, 0.2) is 11.6 Å². The van der Waals surface area contributed by atoms with Crippen molar-refractivity contribution in [3.63, 3.8) is 0 Å². The monoisotopic (exact) mass is 344 g/mol. The molecule has 2 nitrogen and oxygen atoms in total. The van der Waals surface area contributed by atoms with Crippen LogP contribution in [0.3, 0.4) is 0 Å². The molecule has 0 aliphatic heterocycles. The normalized spacial score (nSPS) is 49.0. The Morgan fingerprint density at radius 3 is 2.60 bits per heavy atom. The Kier molecular flexibility index (Phi) is 4.42. The first kappa shape index (κ1) is 17.8. The highest BCUT2D eigenvalue weighted by Gasteiger charge is 2.58. The summed E-state index contributed by atoms with van der Waals surface area (Å²) in [5.41, 5.74) is 2.10. The Morgan fingerprint density at radius 2 is 1.92 bits per heavy atom. The fraction of sp³-hybridized carbons (Fsp3) is 0.870. The van der Waals surface area contributed by atoms with Crippen LogP contribution in [-0.4, -0.2) is 19.0 Å². The van der Waals surface area contributed by atoms with E-state index in [1.807, 2.05) is 14.0 Å². The average Bonchev–Trinajstić information content (AvgIpc) is 3.01. The number of hydrogen-bond donors (Lipinski definition) is 0. The first-order valence-electron chi connectivity index (χ1n) is 10.7. The fourth-order valence-corrected chi connectivity index (χ4v) is 7.77. The molecular formula is C23H36O2. The number of ether oxygens (including phenoxy) is 1. The maximum absolute atomic E-state index is 12.5. The number of carbonyl (C=O) groups is 1. The molecule has 0 amide bonds. The number of ketones is 1. The van der Waals surface area contributed by atoms with Crippen LogP contribution in [-0.2, 0) is 9.53 Å². The summed E-state index contributed by atoms with van der Waals surface area (Å²) in [6, 6.07) is 0. The van der Waals surface area contributed by atoms with Crippen LogP contribution >= 0.6 is 0 Å². The lowest BCUT2D eigenvalue weighted by Crippen LogP contribution is -2.49. The van der Waals surface area contributed by atoms with E-state index in [0.717, 1.165) is 37.0 Å². The Labute approximate surface area is 153 Å². The lowest BCUT2D eigenvalue weighted by molar-refractivity contribution is -0.131. The summed E-state index contributed by atoms with van der Waals surface area (Å²) in [6.07, 6.45) is 14.1. The molecule has 0 N–H and O–H groups in total. The van der Waals surface area contributed by atoms with Crippen molar-refractivity contribution in [1.29, 1.82) is 0 Å². The third-order valence-electron chi connectivity index (χ3n) is 9.29. The van der Waals surface area contributed by atoms with Gasteiger partial charge in [-0.3, -0.25) is 4.79 Å². The van der Waals surface area contributed by atoms with Gasteiger partial charge in [-0.25, -0.2) is 0 Å². The van der Waals surface area contributed by atoms with Crippen molar-refractivity contribution < 1.29 is 9.53 Å². The number of allylic oxidation sites excluding steroid dienone is 1. The molecule has 0 aromatic rings. The zero-order valence-electron chi connectivity index (χ0n) is 16.6. The molecule has 3 saturated carbocycles. The largest absolute Gasteiger partial charge is 0.381 e. The highest BCUT2D eigenvalue weighted by Crippen LogP contribution is 2.65. The molecule has 2 heteroatoms. The minimum atomic E-state index is 0.00818. The van der Waals surface area contributed by atoms with Gasteiger partial charge in [0.05, 0.1) is 6.10 Å². The number of fused-ring (bicyclic) bond motifs is 5. The topological polar surface area (TPSA) is 26.3 Å². The smallest absolute Gasteiger partial charge is 0.136 e. The highest BCUT2D eigenvalue weighted by molar-refractivity contribution is 5.83. The van der Waals surface area contributed by atoms with Gasteiger partial charge in [-0.2, -0.15) is 0 Å². The van der Waals surface area contributed by atoms with Gasteiger partial charge in [-0.15, -0.1) is 0 Å².